The van der Waals surface area contributed by atoms with E-state index in [1.807, 2.05) is 12.1 Å². The standard InChI is InChI=1S/C12H18N2O2/c15-12(10-3-1-6-13-9-10)14-7-5-11-4-2-8-16-11/h2,4,8,10,13H,1,3,5-7,9H2,(H,14,15). The number of carbonyl (C=O) groups is 1. The first-order valence-electron chi connectivity index (χ1n) is 5.87. The third-order valence-corrected chi connectivity index (χ3v) is 2.92. The molecule has 0 spiro atoms. The molecular weight excluding hydrogens is 204 g/mol. The van der Waals surface area contributed by atoms with Gasteiger partial charge in [0.25, 0.3) is 0 Å². The molecule has 1 aromatic heterocycles. The molecule has 1 aromatic rings. The molecule has 0 bridgehead atoms. The Hall–Kier alpha value is -1.29. The number of rotatable bonds is 4. The molecule has 4 nitrogen and oxygen atoms in total. The van der Waals surface area contributed by atoms with Gasteiger partial charge in [-0.15, -0.1) is 0 Å². The van der Waals surface area contributed by atoms with Gasteiger partial charge in [-0.1, -0.05) is 0 Å². The molecule has 0 aliphatic carbocycles. The summed E-state index contributed by atoms with van der Waals surface area (Å²) in [6.07, 6.45) is 4.51. The van der Waals surface area contributed by atoms with Crippen LogP contribution in [0.5, 0.6) is 0 Å². The Bertz CT molecular complexity index is 316. The fourth-order valence-electron chi connectivity index (χ4n) is 1.98. The van der Waals surface area contributed by atoms with Crippen LogP contribution in [-0.4, -0.2) is 25.5 Å². The van der Waals surface area contributed by atoms with Crippen molar-refractivity contribution in [3.05, 3.63) is 24.2 Å². The van der Waals surface area contributed by atoms with E-state index in [0.717, 1.165) is 38.1 Å². The Morgan fingerprint density at radius 1 is 1.62 bits per heavy atom. The zero-order chi connectivity index (χ0) is 11.2. The zero-order valence-corrected chi connectivity index (χ0v) is 9.37. The van der Waals surface area contributed by atoms with E-state index in [0.29, 0.717) is 6.54 Å². The molecule has 1 unspecified atom stereocenters. The maximum atomic E-state index is 11.7. The van der Waals surface area contributed by atoms with Crippen LogP contribution in [0.4, 0.5) is 0 Å². The van der Waals surface area contributed by atoms with Gasteiger partial charge in [-0.3, -0.25) is 4.79 Å². The molecule has 1 amide bonds. The van der Waals surface area contributed by atoms with Gasteiger partial charge >= 0.3 is 0 Å². The number of carbonyl (C=O) groups excluding carboxylic acids is 1. The fourth-order valence-corrected chi connectivity index (χ4v) is 1.98. The van der Waals surface area contributed by atoms with Gasteiger partial charge in [-0.25, -0.2) is 0 Å². The van der Waals surface area contributed by atoms with Gasteiger partial charge in [0.1, 0.15) is 5.76 Å². The first kappa shape index (κ1) is 11.2. The summed E-state index contributed by atoms with van der Waals surface area (Å²) in [5.74, 6) is 1.23. The quantitative estimate of drug-likeness (QED) is 0.797. The van der Waals surface area contributed by atoms with Gasteiger partial charge in [0.05, 0.1) is 12.2 Å². The summed E-state index contributed by atoms with van der Waals surface area (Å²) in [5.41, 5.74) is 0. The summed E-state index contributed by atoms with van der Waals surface area (Å²) in [5, 5.41) is 6.19. The van der Waals surface area contributed by atoms with Crippen molar-refractivity contribution in [2.45, 2.75) is 19.3 Å². The van der Waals surface area contributed by atoms with E-state index in [4.69, 9.17) is 4.42 Å². The first-order valence-corrected chi connectivity index (χ1v) is 5.87. The van der Waals surface area contributed by atoms with Gasteiger partial charge < -0.3 is 15.1 Å². The van der Waals surface area contributed by atoms with Crippen LogP contribution < -0.4 is 10.6 Å². The SMILES string of the molecule is O=C(NCCc1ccco1)C1CCCNC1. The molecule has 0 aromatic carbocycles. The van der Waals surface area contributed by atoms with Gasteiger partial charge in [-0.05, 0) is 31.5 Å². The molecule has 2 N–H and O–H groups in total. The van der Waals surface area contributed by atoms with E-state index in [1.165, 1.54) is 0 Å². The van der Waals surface area contributed by atoms with Gasteiger partial charge in [0.2, 0.25) is 5.91 Å². The maximum Gasteiger partial charge on any atom is 0.224 e. The van der Waals surface area contributed by atoms with Crippen LogP contribution in [0.1, 0.15) is 18.6 Å². The summed E-state index contributed by atoms with van der Waals surface area (Å²) in [6, 6.07) is 3.79. The van der Waals surface area contributed by atoms with Crippen LogP contribution in [0.25, 0.3) is 0 Å². The topological polar surface area (TPSA) is 54.3 Å². The minimum atomic E-state index is 0.144. The highest BCUT2D eigenvalue weighted by Crippen LogP contribution is 2.09. The number of furan rings is 1. The molecular formula is C12H18N2O2. The highest BCUT2D eigenvalue weighted by atomic mass is 16.3. The monoisotopic (exact) mass is 222 g/mol. The average Bonchev–Trinajstić information content (AvgIpc) is 2.83. The molecule has 1 aliphatic heterocycles. The van der Waals surface area contributed by atoms with Crippen molar-refractivity contribution in [1.29, 1.82) is 0 Å². The second kappa shape index (κ2) is 5.70. The highest BCUT2D eigenvalue weighted by Gasteiger charge is 2.20. The summed E-state index contributed by atoms with van der Waals surface area (Å²) in [7, 11) is 0. The van der Waals surface area contributed by atoms with Crippen LogP contribution in [0.15, 0.2) is 22.8 Å². The van der Waals surface area contributed by atoms with Gasteiger partial charge in [0, 0.05) is 19.5 Å². The lowest BCUT2D eigenvalue weighted by Gasteiger charge is -2.21. The van der Waals surface area contributed by atoms with Crippen LogP contribution >= 0.6 is 0 Å². The normalized spacial score (nSPS) is 20.6. The molecule has 88 valence electrons. The van der Waals surface area contributed by atoms with E-state index < -0.39 is 0 Å². The van der Waals surface area contributed by atoms with Crippen LogP contribution in [0.3, 0.4) is 0 Å². The van der Waals surface area contributed by atoms with E-state index >= 15 is 0 Å². The predicted molar refractivity (Wildman–Crippen MR) is 61.0 cm³/mol. The van der Waals surface area contributed by atoms with E-state index in [9.17, 15) is 4.79 Å². The molecule has 16 heavy (non-hydrogen) atoms. The molecule has 2 rings (SSSR count). The molecule has 1 saturated heterocycles. The number of piperidine rings is 1. The van der Waals surface area contributed by atoms with E-state index in [1.54, 1.807) is 6.26 Å². The maximum absolute atomic E-state index is 11.7. The summed E-state index contributed by atoms with van der Waals surface area (Å²) in [6.45, 7) is 2.51. The Kier molecular flexibility index (Phi) is 3.99. The lowest BCUT2D eigenvalue weighted by Crippen LogP contribution is -2.41. The van der Waals surface area contributed by atoms with Crippen molar-refractivity contribution < 1.29 is 9.21 Å². The van der Waals surface area contributed by atoms with Crippen molar-refractivity contribution in [3.8, 4) is 0 Å². The predicted octanol–water partition coefficient (Wildman–Crippen LogP) is 0.938. The van der Waals surface area contributed by atoms with Crippen molar-refractivity contribution in [1.82, 2.24) is 10.6 Å². The number of amides is 1. The molecule has 0 saturated carbocycles. The second-order valence-electron chi connectivity index (χ2n) is 4.16. The van der Waals surface area contributed by atoms with E-state index in [-0.39, 0.29) is 11.8 Å². The minimum Gasteiger partial charge on any atom is -0.469 e. The molecule has 1 atom stereocenters. The van der Waals surface area contributed by atoms with Gasteiger partial charge in [0.15, 0.2) is 0 Å². The third kappa shape index (κ3) is 3.10. The lowest BCUT2D eigenvalue weighted by molar-refractivity contribution is -0.125. The Morgan fingerprint density at radius 3 is 3.25 bits per heavy atom. The Labute approximate surface area is 95.4 Å². The number of nitrogens with one attached hydrogen (secondary N) is 2. The summed E-state index contributed by atoms with van der Waals surface area (Å²) < 4.78 is 5.20. The first-order chi connectivity index (χ1) is 7.86. The second-order valence-corrected chi connectivity index (χ2v) is 4.16. The molecule has 0 radical (unpaired) electrons. The van der Waals surface area contributed by atoms with Crippen molar-refractivity contribution >= 4 is 5.91 Å². The van der Waals surface area contributed by atoms with Crippen LogP contribution in [0, 0.1) is 5.92 Å². The van der Waals surface area contributed by atoms with Gasteiger partial charge in [-0.2, -0.15) is 0 Å². The highest BCUT2D eigenvalue weighted by molar-refractivity contribution is 5.78. The molecule has 1 fully saturated rings. The number of hydrogen-bond acceptors (Lipinski definition) is 3. The lowest BCUT2D eigenvalue weighted by atomic mass is 9.99. The van der Waals surface area contributed by atoms with Crippen molar-refractivity contribution in [3.63, 3.8) is 0 Å². The largest absolute Gasteiger partial charge is 0.469 e. The summed E-state index contributed by atoms with van der Waals surface area (Å²) >= 11 is 0. The zero-order valence-electron chi connectivity index (χ0n) is 9.37. The molecule has 4 heteroatoms. The molecule has 2 heterocycles. The summed E-state index contributed by atoms with van der Waals surface area (Å²) in [4.78, 5) is 11.7. The number of hydrogen-bond donors (Lipinski definition) is 2. The minimum absolute atomic E-state index is 0.144. The smallest absolute Gasteiger partial charge is 0.224 e. The van der Waals surface area contributed by atoms with Crippen molar-refractivity contribution in [2.75, 3.05) is 19.6 Å². The third-order valence-electron chi connectivity index (χ3n) is 2.92. The van der Waals surface area contributed by atoms with Crippen molar-refractivity contribution in [2.24, 2.45) is 5.92 Å². The molecule has 1 aliphatic rings. The average molecular weight is 222 g/mol. The van der Waals surface area contributed by atoms with E-state index in [2.05, 4.69) is 10.6 Å². The van der Waals surface area contributed by atoms with Crippen LogP contribution in [-0.2, 0) is 11.2 Å². The van der Waals surface area contributed by atoms with Crippen LogP contribution in [0.2, 0.25) is 0 Å². The Morgan fingerprint density at radius 2 is 2.56 bits per heavy atom. The fraction of sp³-hybridized carbons (Fsp3) is 0.583. The Balaban J connectivity index is 1.67.